The van der Waals surface area contributed by atoms with E-state index in [-0.39, 0.29) is 5.56 Å². The Hall–Kier alpha value is -5.60. The molecular formula is C37H29ClN4O4. The van der Waals surface area contributed by atoms with E-state index in [9.17, 15) is 4.79 Å². The molecule has 7 aromatic rings. The smallest absolute Gasteiger partial charge is 0.282 e. The number of para-hydroxylation sites is 1. The summed E-state index contributed by atoms with van der Waals surface area (Å²) in [5.41, 5.74) is 5.74. The summed E-state index contributed by atoms with van der Waals surface area (Å²) < 4.78 is 21.1. The van der Waals surface area contributed by atoms with E-state index in [2.05, 4.69) is 9.67 Å². The molecule has 228 valence electrons. The van der Waals surface area contributed by atoms with Gasteiger partial charge in [0.05, 0.1) is 29.6 Å². The molecule has 8 nitrogen and oxygen atoms in total. The lowest BCUT2D eigenvalue weighted by molar-refractivity contribution is 0.306. The fraction of sp³-hybridized carbons (Fsp3) is 0.108. The van der Waals surface area contributed by atoms with Crippen LogP contribution in [0.4, 0.5) is 0 Å². The Kier molecular flexibility index (Phi) is 7.64. The zero-order valence-corrected chi connectivity index (χ0v) is 26.2. The first-order valence-electron chi connectivity index (χ1n) is 14.7. The number of aromatic nitrogens is 3. The highest BCUT2D eigenvalue weighted by Gasteiger charge is 2.18. The number of furan rings is 1. The molecular weight excluding hydrogens is 600 g/mol. The number of nitrogens with zero attached hydrogens (tertiary/aromatic N) is 4. The number of hydrogen-bond donors (Lipinski definition) is 0. The summed E-state index contributed by atoms with van der Waals surface area (Å²) in [6, 6.07) is 32.2. The first-order chi connectivity index (χ1) is 22.4. The van der Waals surface area contributed by atoms with Crippen molar-refractivity contribution in [1.82, 2.24) is 14.2 Å². The lowest BCUT2D eigenvalue weighted by Gasteiger charge is -2.11. The van der Waals surface area contributed by atoms with E-state index in [1.54, 1.807) is 25.5 Å². The van der Waals surface area contributed by atoms with Crippen LogP contribution in [0.5, 0.6) is 11.5 Å². The first-order valence-corrected chi connectivity index (χ1v) is 15.1. The highest BCUT2D eigenvalue weighted by atomic mass is 35.5. The van der Waals surface area contributed by atoms with Crippen LogP contribution in [-0.2, 0) is 6.61 Å². The third-order valence-corrected chi connectivity index (χ3v) is 8.16. The normalized spacial score (nSPS) is 11.6. The molecule has 7 rings (SSSR count). The summed E-state index contributed by atoms with van der Waals surface area (Å²) in [6.07, 6.45) is 1.69. The predicted octanol–water partition coefficient (Wildman–Crippen LogP) is 8.34. The first kappa shape index (κ1) is 29.1. The van der Waals surface area contributed by atoms with Crippen LogP contribution in [-0.4, -0.2) is 27.6 Å². The SMILES string of the molecule is COc1cccc2oc(-c3nc4ccccc4c(=O)n3N=Cc3cc(C)n(-c4ccc(OCc5ccc(Cl)cc5)cc4)c3C)cc12. The molecule has 0 bridgehead atoms. The second-order valence-electron chi connectivity index (χ2n) is 10.9. The molecule has 3 heterocycles. The molecule has 0 N–H and O–H groups in total. The summed E-state index contributed by atoms with van der Waals surface area (Å²) in [6.45, 7) is 4.50. The van der Waals surface area contributed by atoms with Crippen molar-refractivity contribution in [3.8, 4) is 28.8 Å². The van der Waals surface area contributed by atoms with Crippen molar-refractivity contribution in [2.45, 2.75) is 20.5 Å². The average Bonchev–Trinajstić information content (AvgIpc) is 3.64. The topological polar surface area (TPSA) is 83.8 Å². The van der Waals surface area contributed by atoms with Gasteiger partial charge in [0.25, 0.3) is 5.56 Å². The Bertz CT molecular complexity index is 2300. The third kappa shape index (κ3) is 5.44. The van der Waals surface area contributed by atoms with Crippen LogP contribution in [0.15, 0.2) is 117 Å². The maximum absolute atomic E-state index is 13.8. The zero-order chi connectivity index (χ0) is 31.8. The number of aryl methyl sites for hydroxylation is 1. The summed E-state index contributed by atoms with van der Waals surface area (Å²) in [7, 11) is 1.61. The fourth-order valence-corrected chi connectivity index (χ4v) is 5.71. The van der Waals surface area contributed by atoms with Gasteiger partial charge in [-0.2, -0.15) is 9.78 Å². The average molecular weight is 629 g/mol. The summed E-state index contributed by atoms with van der Waals surface area (Å²) >= 11 is 5.99. The van der Waals surface area contributed by atoms with Crippen LogP contribution >= 0.6 is 11.6 Å². The van der Waals surface area contributed by atoms with Gasteiger partial charge >= 0.3 is 0 Å². The van der Waals surface area contributed by atoms with Gasteiger partial charge in [-0.25, -0.2) is 4.98 Å². The van der Waals surface area contributed by atoms with Crippen LogP contribution in [0.1, 0.15) is 22.5 Å². The maximum atomic E-state index is 13.8. The molecule has 0 atom stereocenters. The minimum atomic E-state index is -0.299. The van der Waals surface area contributed by atoms with Gasteiger partial charge in [-0.05, 0) is 92.2 Å². The Balaban J connectivity index is 1.22. The minimum Gasteiger partial charge on any atom is -0.496 e. The maximum Gasteiger partial charge on any atom is 0.282 e. The molecule has 0 aliphatic carbocycles. The Morgan fingerprint density at radius 1 is 0.913 bits per heavy atom. The van der Waals surface area contributed by atoms with E-state index in [1.807, 2.05) is 105 Å². The molecule has 0 spiro atoms. The third-order valence-electron chi connectivity index (χ3n) is 7.91. The van der Waals surface area contributed by atoms with Gasteiger partial charge in [0.1, 0.15) is 23.7 Å². The molecule has 0 unspecified atom stereocenters. The van der Waals surface area contributed by atoms with Crippen LogP contribution in [0, 0.1) is 13.8 Å². The fourth-order valence-electron chi connectivity index (χ4n) is 5.59. The van der Waals surface area contributed by atoms with Crippen LogP contribution in [0.3, 0.4) is 0 Å². The van der Waals surface area contributed by atoms with Crippen molar-refractivity contribution in [3.63, 3.8) is 0 Å². The summed E-state index contributed by atoms with van der Waals surface area (Å²) in [5, 5.41) is 6.62. The van der Waals surface area contributed by atoms with Gasteiger partial charge in [0.2, 0.25) is 5.82 Å². The predicted molar refractivity (Wildman–Crippen MR) is 182 cm³/mol. The lowest BCUT2D eigenvalue weighted by Crippen LogP contribution is -2.20. The quantitative estimate of drug-likeness (QED) is 0.158. The molecule has 0 aliphatic heterocycles. The van der Waals surface area contributed by atoms with E-state index < -0.39 is 0 Å². The molecule has 0 saturated carbocycles. The van der Waals surface area contributed by atoms with E-state index in [4.69, 9.17) is 30.5 Å². The standard InChI is InChI=1S/C37H29ClN4O4/c1-23-19-26(24(2)41(23)28-15-17-29(18-16-28)45-22-25-11-13-27(38)14-12-25)21-39-42-36(40-32-8-5-4-7-30(32)37(42)43)35-20-31-33(44-3)9-6-10-34(31)46-35/h4-21H,22H2,1-3H3. The molecule has 4 aromatic carbocycles. The van der Waals surface area contributed by atoms with Crippen LogP contribution in [0.25, 0.3) is 39.1 Å². The minimum absolute atomic E-state index is 0.293. The second-order valence-corrected chi connectivity index (χ2v) is 11.3. The molecule has 46 heavy (non-hydrogen) atoms. The van der Waals surface area contributed by atoms with Crippen molar-refractivity contribution in [2.75, 3.05) is 7.11 Å². The highest BCUT2D eigenvalue weighted by Crippen LogP contribution is 2.33. The van der Waals surface area contributed by atoms with Gasteiger partial charge in [-0.3, -0.25) is 4.79 Å². The van der Waals surface area contributed by atoms with E-state index >= 15 is 0 Å². The number of methoxy groups -OCH3 is 1. The second kappa shape index (κ2) is 12.1. The number of fused-ring (bicyclic) bond motifs is 2. The van der Waals surface area contributed by atoms with Gasteiger partial charge < -0.3 is 18.5 Å². The zero-order valence-electron chi connectivity index (χ0n) is 25.4. The monoisotopic (exact) mass is 628 g/mol. The number of halogens is 1. The van der Waals surface area contributed by atoms with Gasteiger partial charge in [-0.15, -0.1) is 0 Å². The van der Waals surface area contributed by atoms with E-state index in [0.717, 1.165) is 39.3 Å². The molecule has 0 saturated heterocycles. The molecule has 0 radical (unpaired) electrons. The Morgan fingerprint density at radius 3 is 2.48 bits per heavy atom. The Labute approximate surface area is 269 Å². The summed E-state index contributed by atoms with van der Waals surface area (Å²) in [5.74, 6) is 2.13. The van der Waals surface area contributed by atoms with Crippen molar-refractivity contribution in [2.24, 2.45) is 5.10 Å². The van der Waals surface area contributed by atoms with Crippen molar-refractivity contribution < 1.29 is 13.9 Å². The summed E-state index contributed by atoms with van der Waals surface area (Å²) in [4.78, 5) is 18.6. The molecule has 0 aliphatic rings. The number of ether oxygens (including phenoxy) is 2. The van der Waals surface area contributed by atoms with Crippen molar-refractivity contribution >= 4 is 39.7 Å². The van der Waals surface area contributed by atoms with Gasteiger partial charge in [0.15, 0.2) is 5.76 Å². The molecule has 9 heteroatoms. The van der Waals surface area contributed by atoms with Crippen LogP contribution in [0.2, 0.25) is 5.02 Å². The highest BCUT2D eigenvalue weighted by molar-refractivity contribution is 6.30. The molecule has 0 fully saturated rings. The largest absolute Gasteiger partial charge is 0.496 e. The van der Waals surface area contributed by atoms with E-state index in [0.29, 0.717) is 45.4 Å². The van der Waals surface area contributed by atoms with Crippen molar-refractivity contribution in [3.05, 3.63) is 141 Å². The number of rotatable bonds is 8. The van der Waals surface area contributed by atoms with Crippen molar-refractivity contribution in [1.29, 1.82) is 0 Å². The number of benzene rings is 4. The Morgan fingerprint density at radius 2 is 1.70 bits per heavy atom. The lowest BCUT2D eigenvalue weighted by atomic mass is 10.2. The molecule has 3 aromatic heterocycles. The van der Waals surface area contributed by atoms with E-state index in [1.165, 1.54) is 4.68 Å². The van der Waals surface area contributed by atoms with Gasteiger partial charge in [-0.1, -0.05) is 41.9 Å². The molecule has 0 amide bonds. The van der Waals surface area contributed by atoms with Crippen LogP contribution < -0.4 is 15.0 Å². The van der Waals surface area contributed by atoms with Gasteiger partial charge in [0, 0.05) is 27.7 Å². The number of hydrogen-bond acceptors (Lipinski definition) is 6.